The lowest BCUT2D eigenvalue weighted by atomic mass is 10.2. The number of amides is 1. The molecule has 0 bridgehead atoms. The van der Waals surface area contributed by atoms with E-state index in [-0.39, 0.29) is 30.7 Å². The summed E-state index contributed by atoms with van der Waals surface area (Å²) in [5.41, 5.74) is 2.63. The van der Waals surface area contributed by atoms with Gasteiger partial charge in [0, 0.05) is 30.1 Å². The lowest BCUT2D eigenvalue weighted by Gasteiger charge is -2.08. The van der Waals surface area contributed by atoms with Crippen LogP contribution in [0, 0.1) is 6.92 Å². The van der Waals surface area contributed by atoms with Gasteiger partial charge >= 0.3 is 5.69 Å². The Morgan fingerprint density at radius 3 is 2.65 bits per heavy atom. The molecule has 8 nitrogen and oxygen atoms in total. The highest BCUT2D eigenvalue weighted by Gasteiger charge is 2.19. The number of carbonyl (C=O) groups is 1. The summed E-state index contributed by atoms with van der Waals surface area (Å²) in [5.74, 6) is 0.593. The maximum absolute atomic E-state index is 13.1. The molecule has 0 fully saturated rings. The predicted octanol–water partition coefficient (Wildman–Crippen LogP) is 3.71. The highest BCUT2D eigenvalue weighted by atomic mass is 35.5. The first-order chi connectivity index (χ1) is 14.8. The lowest BCUT2D eigenvalue weighted by Crippen LogP contribution is -2.33. The molecule has 0 unspecified atom stereocenters. The largest absolute Gasteiger partial charge is 0.350 e. The molecule has 0 aliphatic carbocycles. The molecule has 2 aromatic carbocycles. The van der Waals surface area contributed by atoms with Crippen LogP contribution in [-0.2, 0) is 17.9 Å². The molecule has 0 atom stereocenters. The van der Waals surface area contributed by atoms with Gasteiger partial charge in [-0.25, -0.2) is 4.79 Å². The second kappa shape index (κ2) is 8.39. The zero-order valence-corrected chi connectivity index (χ0v) is 18.2. The Morgan fingerprint density at radius 2 is 1.97 bits per heavy atom. The second-order valence-electron chi connectivity index (χ2n) is 7.54. The van der Waals surface area contributed by atoms with Gasteiger partial charge in [0.05, 0.1) is 11.0 Å². The van der Waals surface area contributed by atoms with Crippen LogP contribution in [0.25, 0.3) is 22.4 Å². The average molecular weight is 440 g/mol. The van der Waals surface area contributed by atoms with Crippen LogP contribution in [0.2, 0.25) is 5.02 Å². The first-order valence-corrected chi connectivity index (χ1v) is 10.3. The van der Waals surface area contributed by atoms with Gasteiger partial charge in [-0.15, -0.1) is 0 Å². The predicted molar refractivity (Wildman–Crippen MR) is 118 cm³/mol. The molecule has 160 valence electrons. The van der Waals surface area contributed by atoms with Gasteiger partial charge in [-0.05, 0) is 43.7 Å². The third-order valence-electron chi connectivity index (χ3n) is 5.00. The summed E-state index contributed by atoms with van der Waals surface area (Å²) in [7, 11) is 0. The van der Waals surface area contributed by atoms with Crippen molar-refractivity contribution in [2.24, 2.45) is 0 Å². The number of aryl methyl sites for hydroxylation is 1. The Morgan fingerprint density at radius 1 is 1.19 bits per heavy atom. The normalized spacial score (nSPS) is 11.4. The fourth-order valence-corrected chi connectivity index (χ4v) is 3.72. The Labute approximate surface area is 183 Å². The summed E-state index contributed by atoms with van der Waals surface area (Å²) >= 11 is 6.16. The number of nitrogens with one attached hydrogen (secondary N) is 1. The fourth-order valence-electron chi connectivity index (χ4n) is 3.52. The first kappa shape index (κ1) is 20.9. The topological polar surface area (TPSA) is 95.0 Å². The van der Waals surface area contributed by atoms with Crippen molar-refractivity contribution in [2.45, 2.75) is 39.9 Å². The zero-order valence-electron chi connectivity index (χ0n) is 17.4. The van der Waals surface area contributed by atoms with Crippen LogP contribution in [0.1, 0.15) is 31.3 Å². The highest BCUT2D eigenvalue weighted by Crippen LogP contribution is 2.24. The van der Waals surface area contributed by atoms with Crippen LogP contribution in [-0.4, -0.2) is 25.2 Å². The molecular weight excluding hydrogens is 418 g/mol. The SMILES string of the molecule is Cc1nc(-c2ccc3c(c2)n(CC(=O)NCc2ccccc2Cl)c(=O)n3C(C)C)no1. The van der Waals surface area contributed by atoms with Gasteiger partial charge in [0.25, 0.3) is 0 Å². The van der Waals surface area contributed by atoms with E-state index in [2.05, 4.69) is 15.5 Å². The van der Waals surface area contributed by atoms with E-state index in [1.807, 2.05) is 44.2 Å². The standard InChI is InChI=1S/C22H22ClN5O3/c1-13(2)28-18-9-8-15(21-25-14(3)31-26-21)10-19(18)27(22(28)30)12-20(29)24-11-16-6-4-5-7-17(16)23/h4-10,13H,11-12H2,1-3H3,(H,24,29). The number of benzene rings is 2. The van der Waals surface area contributed by atoms with Crippen molar-refractivity contribution < 1.29 is 9.32 Å². The molecule has 0 aliphatic rings. The van der Waals surface area contributed by atoms with Gasteiger partial charge in [-0.3, -0.25) is 13.9 Å². The molecule has 1 amide bonds. The molecule has 0 saturated heterocycles. The third-order valence-corrected chi connectivity index (χ3v) is 5.37. The molecule has 0 radical (unpaired) electrons. The number of aromatic nitrogens is 4. The van der Waals surface area contributed by atoms with Crippen LogP contribution < -0.4 is 11.0 Å². The van der Waals surface area contributed by atoms with E-state index in [1.165, 1.54) is 4.57 Å². The van der Waals surface area contributed by atoms with Crippen molar-refractivity contribution in [3.05, 3.63) is 69.4 Å². The van der Waals surface area contributed by atoms with Crippen molar-refractivity contribution in [3.8, 4) is 11.4 Å². The van der Waals surface area contributed by atoms with Crippen molar-refractivity contribution in [2.75, 3.05) is 0 Å². The molecule has 31 heavy (non-hydrogen) atoms. The molecule has 0 aliphatic heterocycles. The Hall–Kier alpha value is -3.39. The molecule has 2 heterocycles. The van der Waals surface area contributed by atoms with E-state index < -0.39 is 0 Å². The summed E-state index contributed by atoms with van der Waals surface area (Å²) in [6.45, 7) is 5.74. The molecule has 0 saturated carbocycles. The van der Waals surface area contributed by atoms with Crippen LogP contribution in [0.5, 0.6) is 0 Å². The minimum atomic E-state index is -0.286. The number of hydrogen-bond acceptors (Lipinski definition) is 5. The maximum atomic E-state index is 13.1. The van der Waals surface area contributed by atoms with E-state index in [4.69, 9.17) is 16.1 Å². The highest BCUT2D eigenvalue weighted by molar-refractivity contribution is 6.31. The summed E-state index contributed by atoms with van der Waals surface area (Å²) < 4.78 is 8.20. The first-order valence-electron chi connectivity index (χ1n) is 9.90. The fraction of sp³-hybridized carbons (Fsp3) is 0.273. The van der Waals surface area contributed by atoms with E-state index in [0.29, 0.717) is 27.8 Å². The van der Waals surface area contributed by atoms with Gasteiger partial charge in [-0.1, -0.05) is 35.0 Å². The molecule has 9 heteroatoms. The van der Waals surface area contributed by atoms with Crippen LogP contribution in [0.15, 0.2) is 51.8 Å². The summed E-state index contributed by atoms with van der Waals surface area (Å²) in [4.78, 5) is 30.0. The minimum absolute atomic E-state index is 0.0688. The van der Waals surface area contributed by atoms with E-state index >= 15 is 0 Å². The summed E-state index contributed by atoms with van der Waals surface area (Å²) in [6, 6.07) is 12.7. The average Bonchev–Trinajstić information content (AvgIpc) is 3.28. The number of carbonyl (C=O) groups excluding carboxylic acids is 1. The van der Waals surface area contributed by atoms with Crippen molar-refractivity contribution in [1.82, 2.24) is 24.6 Å². The summed E-state index contributed by atoms with van der Waals surface area (Å²) in [6.07, 6.45) is 0. The lowest BCUT2D eigenvalue weighted by molar-refractivity contribution is -0.121. The molecular formula is C22H22ClN5O3. The van der Waals surface area contributed by atoms with Crippen molar-refractivity contribution in [3.63, 3.8) is 0 Å². The van der Waals surface area contributed by atoms with E-state index in [9.17, 15) is 9.59 Å². The van der Waals surface area contributed by atoms with Gasteiger partial charge in [0.15, 0.2) is 0 Å². The Balaban J connectivity index is 1.68. The second-order valence-corrected chi connectivity index (χ2v) is 7.95. The number of nitrogens with zero attached hydrogens (tertiary/aromatic N) is 4. The molecule has 1 N–H and O–H groups in total. The molecule has 4 aromatic rings. The molecule has 2 aromatic heterocycles. The zero-order chi connectivity index (χ0) is 22.1. The van der Waals surface area contributed by atoms with Crippen LogP contribution in [0.3, 0.4) is 0 Å². The Kier molecular flexibility index (Phi) is 5.65. The van der Waals surface area contributed by atoms with Gasteiger partial charge < -0.3 is 9.84 Å². The third kappa shape index (κ3) is 4.11. The van der Waals surface area contributed by atoms with E-state index in [1.54, 1.807) is 23.6 Å². The van der Waals surface area contributed by atoms with Crippen molar-refractivity contribution >= 4 is 28.5 Å². The number of fused-ring (bicyclic) bond motifs is 1. The number of imidazole rings is 1. The van der Waals surface area contributed by atoms with Crippen molar-refractivity contribution in [1.29, 1.82) is 0 Å². The smallest absolute Gasteiger partial charge is 0.329 e. The maximum Gasteiger partial charge on any atom is 0.329 e. The Bertz CT molecular complexity index is 1320. The minimum Gasteiger partial charge on any atom is -0.350 e. The number of hydrogen-bond donors (Lipinski definition) is 1. The van der Waals surface area contributed by atoms with E-state index in [0.717, 1.165) is 11.1 Å². The number of halogens is 1. The van der Waals surface area contributed by atoms with Gasteiger partial charge in [0.1, 0.15) is 6.54 Å². The quantitative estimate of drug-likeness (QED) is 0.494. The monoisotopic (exact) mass is 439 g/mol. The number of rotatable bonds is 6. The van der Waals surface area contributed by atoms with Crippen LogP contribution >= 0.6 is 11.6 Å². The molecule has 4 rings (SSSR count). The summed E-state index contributed by atoms with van der Waals surface area (Å²) in [5, 5.41) is 7.36. The van der Waals surface area contributed by atoms with Gasteiger partial charge in [0.2, 0.25) is 17.6 Å². The molecule has 0 spiro atoms. The van der Waals surface area contributed by atoms with Crippen LogP contribution in [0.4, 0.5) is 0 Å². The van der Waals surface area contributed by atoms with Gasteiger partial charge in [-0.2, -0.15) is 4.98 Å².